The van der Waals surface area contributed by atoms with E-state index in [9.17, 15) is 9.90 Å². The Labute approximate surface area is 112 Å². The van der Waals surface area contributed by atoms with Crippen molar-refractivity contribution in [3.05, 3.63) is 29.8 Å². The molecule has 1 atom stereocenters. The minimum atomic E-state index is -0.722. The minimum Gasteiger partial charge on any atom is -0.491 e. The lowest BCUT2D eigenvalue weighted by atomic mass is 10.2. The van der Waals surface area contributed by atoms with Gasteiger partial charge in [0.25, 0.3) is 0 Å². The van der Waals surface area contributed by atoms with Crippen molar-refractivity contribution in [1.82, 2.24) is 4.90 Å². The summed E-state index contributed by atoms with van der Waals surface area (Å²) in [6.45, 7) is 0.488. The highest BCUT2D eigenvalue weighted by atomic mass is 16.5. The van der Waals surface area contributed by atoms with Crippen LogP contribution >= 0.6 is 0 Å². The number of carbonyl (C=O) groups is 1. The number of primary amides is 1. The van der Waals surface area contributed by atoms with E-state index in [0.717, 1.165) is 0 Å². The highest BCUT2D eigenvalue weighted by Gasteiger charge is 2.10. The van der Waals surface area contributed by atoms with Crippen molar-refractivity contribution in [2.75, 3.05) is 26.7 Å². The summed E-state index contributed by atoms with van der Waals surface area (Å²) in [6.07, 6.45) is -0.722. The molecular weight excluding hydrogens is 246 g/mol. The predicted molar refractivity (Wildman–Crippen MR) is 69.4 cm³/mol. The van der Waals surface area contributed by atoms with Crippen molar-refractivity contribution >= 4 is 5.91 Å². The summed E-state index contributed by atoms with van der Waals surface area (Å²) in [5, 5.41) is 18.4. The molecule has 0 heterocycles. The van der Waals surface area contributed by atoms with Gasteiger partial charge >= 0.3 is 0 Å². The van der Waals surface area contributed by atoms with Crippen LogP contribution in [0.15, 0.2) is 24.3 Å². The zero-order valence-corrected chi connectivity index (χ0v) is 10.7. The number of aliphatic hydroxyl groups excluding tert-OH is 1. The van der Waals surface area contributed by atoms with Gasteiger partial charge in [-0.3, -0.25) is 9.69 Å². The van der Waals surface area contributed by atoms with E-state index < -0.39 is 12.0 Å². The molecule has 0 saturated heterocycles. The molecule has 0 saturated carbocycles. The number of aliphatic hydroxyl groups is 1. The van der Waals surface area contributed by atoms with Gasteiger partial charge in [0.2, 0.25) is 5.91 Å². The van der Waals surface area contributed by atoms with Gasteiger partial charge in [-0.1, -0.05) is 0 Å². The van der Waals surface area contributed by atoms with Crippen molar-refractivity contribution in [2.45, 2.75) is 6.10 Å². The predicted octanol–water partition coefficient (Wildman–Crippen LogP) is -0.285. The molecule has 1 unspecified atom stereocenters. The molecule has 1 aromatic rings. The summed E-state index contributed by atoms with van der Waals surface area (Å²) in [4.78, 5) is 12.3. The van der Waals surface area contributed by atoms with Gasteiger partial charge in [0.05, 0.1) is 18.2 Å². The lowest BCUT2D eigenvalue weighted by Gasteiger charge is -2.19. The Morgan fingerprint density at radius 3 is 2.68 bits per heavy atom. The van der Waals surface area contributed by atoms with Crippen LogP contribution < -0.4 is 10.5 Å². The van der Waals surface area contributed by atoms with Crippen LogP contribution in [-0.2, 0) is 4.79 Å². The van der Waals surface area contributed by atoms with E-state index >= 15 is 0 Å². The van der Waals surface area contributed by atoms with E-state index in [0.29, 0.717) is 17.9 Å². The maximum atomic E-state index is 10.7. The molecule has 19 heavy (non-hydrogen) atoms. The van der Waals surface area contributed by atoms with E-state index in [2.05, 4.69) is 0 Å². The summed E-state index contributed by atoms with van der Waals surface area (Å²) < 4.78 is 5.37. The van der Waals surface area contributed by atoms with Crippen molar-refractivity contribution in [3.8, 4) is 11.8 Å². The Hall–Kier alpha value is -2.10. The van der Waals surface area contributed by atoms with Crippen molar-refractivity contribution in [2.24, 2.45) is 5.73 Å². The number of amides is 1. The van der Waals surface area contributed by atoms with Crippen LogP contribution in [0.3, 0.4) is 0 Å². The average Bonchev–Trinajstić information content (AvgIpc) is 2.36. The summed E-state index contributed by atoms with van der Waals surface area (Å²) in [7, 11) is 1.69. The minimum absolute atomic E-state index is 0.0912. The molecule has 6 nitrogen and oxygen atoms in total. The fourth-order valence-corrected chi connectivity index (χ4v) is 1.56. The molecule has 6 heteroatoms. The molecule has 1 aromatic carbocycles. The number of rotatable bonds is 7. The van der Waals surface area contributed by atoms with Crippen LogP contribution in [0.25, 0.3) is 0 Å². The zero-order chi connectivity index (χ0) is 14.3. The number of ether oxygens (including phenoxy) is 1. The number of carbonyl (C=O) groups excluding carboxylic acids is 1. The van der Waals surface area contributed by atoms with Crippen LogP contribution in [-0.4, -0.2) is 48.8 Å². The van der Waals surface area contributed by atoms with E-state index in [1.807, 2.05) is 6.07 Å². The molecule has 1 rings (SSSR count). The first-order chi connectivity index (χ1) is 9.01. The highest BCUT2D eigenvalue weighted by Crippen LogP contribution is 2.11. The van der Waals surface area contributed by atoms with Gasteiger partial charge in [-0.05, 0) is 31.3 Å². The Kier molecular flexibility index (Phi) is 5.79. The van der Waals surface area contributed by atoms with Gasteiger partial charge < -0.3 is 15.6 Å². The summed E-state index contributed by atoms with van der Waals surface area (Å²) in [6, 6.07) is 8.62. The Morgan fingerprint density at radius 2 is 2.16 bits per heavy atom. The summed E-state index contributed by atoms with van der Waals surface area (Å²) >= 11 is 0. The van der Waals surface area contributed by atoms with E-state index in [-0.39, 0.29) is 13.2 Å². The van der Waals surface area contributed by atoms with Gasteiger partial charge in [-0.2, -0.15) is 5.26 Å². The normalized spacial score (nSPS) is 11.9. The van der Waals surface area contributed by atoms with Gasteiger partial charge in [-0.25, -0.2) is 0 Å². The lowest BCUT2D eigenvalue weighted by Crippen LogP contribution is -2.38. The second-order valence-electron chi connectivity index (χ2n) is 4.26. The second-order valence-corrected chi connectivity index (χ2v) is 4.26. The number of nitrogens with zero attached hydrogens (tertiary/aromatic N) is 2. The molecule has 0 fully saturated rings. The molecule has 0 bridgehead atoms. The molecule has 102 valence electrons. The molecule has 0 aliphatic heterocycles. The maximum Gasteiger partial charge on any atom is 0.231 e. The molecule has 0 aromatic heterocycles. The summed E-state index contributed by atoms with van der Waals surface area (Å²) in [5.74, 6) is 0.137. The average molecular weight is 263 g/mol. The van der Waals surface area contributed by atoms with Crippen molar-refractivity contribution in [1.29, 1.82) is 5.26 Å². The van der Waals surface area contributed by atoms with Crippen LogP contribution in [0.5, 0.6) is 5.75 Å². The van der Waals surface area contributed by atoms with E-state index in [1.54, 1.807) is 36.2 Å². The lowest BCUT2D eigenvalue weighted by molar-refractivity contribution is -0.119. The molecule has 0 aliphatic carbocycles. The number of benzene rings is 1. The van der Waals surface area contributed by atoms with Crippen molar-refractivity contribution in [3.63, 3.8) is 0 Å². The monoisotopic (exact) mass is 263 g/mol. The Balaban J connectivity index is 2.35. The third-order valence-electron chi connectivity index (χ3n) is 2.37. The van der Waals surface area contributed by atoms with Crippen molar-refractivity contribution < 1.29 is 14.6 Å². The molecule has 0 radical (unpaired) electrons. The number of hydrogen-bond donors (Lipinski definition) is 2. The standard InChI is InChI=1S/C13H17N3O3/c1-16(8-13(15)18)7-11(17)9-19-12-4-2-10(6-14)3-5-12/h2-5,11,17H,7-9H2,1H3,(H2,15,18). The highest BCUT2D eigenvalue weighted by molar-refractivity contribution is 5.75. The Morgan fingerprint density at radius 1 is 1.53 bits per heavy atom. The molecular formula is C13H17N3O3. The quantitative estimate of drug-likeness (QED) is 0.704. The fraction of sp³-hybridized carbons (Fsp3) is 0.385. The first-order valence-electron chi connectivity index (χ1n) is 5.79. The smallest absolute Gasteiger partial charge is 0.231 e. The molecule has 1 amide bonds. The third kappa shape index (κ3) is 5.86. The SMILES string of the molecule is CN(CC(N)=O)CC(O)COc1ccc(C#N)cc1. The topological polar surface area (TPSA) is 99.6 Å². The van der Waals surface area contributed by atoms with Crippen LogP contribution in [0.4, 0.5) is 0 Å². The molecule has 3 N–H and O–H groups in total. The number of nitriles is 1. The molecule has 0 spiro atoms. The summed E-state index contributed by atoms with van der Waals surface area (Å²) in [5.41, 5.74) is 5.59. The van der Waals surface area contributed by atoms with Gasteiger partial charge in [0.1, 0.15) is 18.5 Å². The largest absolute Gasteiger partial charge is 0.491 e. The fourth-order valence-electron chi connectivity index (χ4n) is 1.56. The Bertz CT molecular complexity index is 453. The van der Waals surface area contributed by atoms with E-state index in [1.165, 1.54) is 0 Å². The van der Waals surface area contributed by atoms with Gasteiger partial charge in [-0.15, -0.1) is 0 Å². The van der Waals surface area contributed by atoms with Crippen LogP contribution in [0, 0.1) is 11.3 Å². The first kappa shape index (κ1) is 15.0. The second kappa shape index (κ2) is 7.36. The van der Waals surface area contributed by atoms with Crippen LogP contribution in [0.1, 0.15) is 5.56 Å². The van der Waals surface area contributed by atoms with Gasteiger partial charge in [0.15, 0.2) is 0 Å². The number of hydrogen-bond acceptors (Lipinski definition) is 5. The maximum absolute atomic E-state index is 10.7. The zero-order valence-electron chi connectivity index (χ0n) is 10.7. The van der Waals surface area contributed by atoms with E-state index in [4.69, 9.17) is 15.7 Å². The number of nitrogens with two attached hydrogens (primary N) is 1. The first-order valence-corrected chi connectivity index (χ1v) is 5.79. The van der Waals surface area contributed by atoms with Gasteiger partial charge in [0, 0.05) is 6.54 Å². The number of likely N-dealkylation sites (N-methyl/N-ethyl adjacent to an activating group) is 1. The van der Waals surface area contributed by atoms with Crippen LogP contribution in [0.2, 0.25) is 0 Å². The molecule has 0 aliphatic rings. The third-order valence-corrected chi connectivity index (χ3v) is 2.37.